The van der Waals surface area contributed by atoms with Gasteiger partial charge in [0.1, 0.15) is 73.2 Å². The van der Waals surface area contributed by atoms with Crippen LogP contribution in [0.5, 0.6) is 0 Å². The van der Waals surface area contributed by atoms with Crippen molar-refractivity contribution in [1.29, 1.82) is 0 Å². The molecule has 17 unspecified atom stereocenters. The number of carbonyl (C=O) groups is 1. The Bertz CT molecular complexity index is 1700. The predicted octanol–water partition coefficient (Wildman–Crippen LogP) is 7.04. The van der Waals surface area contributed by atoms with Gasteiger partial charge in [-0.25, -0.2) is 0 Å². The van der Waals surface area contributed by atoms with Crippen molar-refractivity contribution in [2.75, 3.05) is 26.4 Å². The van der Waals surface area contributed by atoms with Gasteiger partial charge in [-0.15, -0.1) is 0 Å². The first kappa shape index (κ1) is 75.0. The molecule has 3 fully saturated rings. The van der Waals surface area contributed by atoms with Crippen molar-refractivity contribution in [3.05, 3.63) is 48.6 Å². The van der Waals surface area contributed by atoms with Crippen LogP contribution in [0.25, 0.3) is 0 Å². The zero-order chi connectivity index (χ0) is 60.5. The highest BCUT2D eigenvalue weighted by atomic mass is 16.8. The fourth-order valence-electron chi connectivity index (χ4n) is 10.8. The molecule has 0 bridgehead atoms. The van der Waals surface area contributed by atoms with Crippen molar-refractivity contribution in [1.82, 2.24) is 5.32 Å². The van der Waals surface area contributed by atoms with Crippen LogP contribution >= 0.6 is 0 Å². The average molecular weight is 1190 g/mol. The lowest BCUT2D eigenvalue weighted by Crippen LogP contribution is -2.66. The van der Waals surface area contributed by atoms with Crippen LogP contribution in [0.2, 0.25) is 0 Å². The first-order valence-corrected chi connectivity index (χ1v) is 32.4. The maximum absolute atomic E-state index is 13.3. The molecule has 0 radical (unpaired) electrons. The second-order valence-electron chi connectivity index (χ2n) is 23.2. The smallest absolute Gasteiger partial charge is 0.220 e. The molecular formula is C64H115NO18. The third-order valence-corrected chi connectivity index (χ3v) is 16.1. The van der Waals surface area contributed by atoms with E-state index < -0.39 is 124 Å². The Labute approximate surface area is 497 Å². The van der Waals surface area contributed by atoms with Crippen LogP contribution in [-0.2, 0) is 33.2 Å². The summed E-state index contributed by atoms with van der Waals surface area (Å²) in [7, 11) is 0. The van der Waals surface area contributed by atoms with Crippen molar-refractivity contribution in [2.45, 2.75) is 324 Å². The van der Waals surface area contributed by atoms with Gasteiger partial charge >= 0.3 is 0 Å². The summed E-state index contributed by atoms with van der Waals surface area (Å²) in [5, 5.41) is 120. The summed E-state index contributed by atoms with van der Waals surface area (Å²) < 4.78 is 34.1. The molecule has 83 heavy (non-hydrogen) atoms. The number of carbonyl (C=O) groups excluding carboxylic acids is 1. The summed E-state index contributed by atoms with van der Waals surface area (Å²) >= 11 is 0. The minimum absolute atomic E-state index is 0.236. The van der Waals surface area contributed by atoms with E-state index in [0.29, 0.717) is 12.8 Å². The number of ether oxygens (including phenoxy) is 6. The molecule has 17 atom stereocenters. The molecule has 3 heterocycles. The number of amides is 1. The van der Waals surface area contributed by atoms with Gasteiger partial charge in [-0.3, -0.25) is 4.79 Å². The molecule has 484 valence electrons. The van der Waals surface area contributed by atoms with Crippen LogP contribution in [0, 0.1) is 0 Å². The molecule has 1 amide bonds. The van der Waals surface area contributed by atoms with Crippen LogP contribution in [-0.4, -0.2) is 193 Å². The fraction of sp³-hybridized carbons (Fsp3) is 0.859. The number of nitrogens with one attached hydrogen (secondary N) is 1. The summed E-state index contributed by atoms with van der Waals surface area (Å²) in [6.45, 7) is 1.57. The number of hydrogen-bond acceptors (Lipinski definition) is 18. The number of allylic oxidation sites excluding steroid dienone is 7. The van der Waals surface area contributed by atoms with E-state index in [1.165, 1.54) is 141 Å². The van der Waals surface area contributed by atoms with Crippen LogP contribution in [0.4, 0.5) is 0 Å². The summed E-state index contributed by atoms with van der Waals surface area (Å²) in [5.41, 5.74) is 0. The average Bonchev–Trinajstić information content (AvgIpc) is 3.43. The third kappa shape index (κ3) is 30.0. The standard InChI is InChI=1S/C64H115NO18/c1-3-5-7-9-11-12-13-14-15-16-17-18-19-20-21-22-23-24-25-26-27-28-29-30-31-32-33-34-36-38-40-42-52(70)65-47(48(69)41-39-37-35-10-8-6-4-2)46-78-62-58(76)55(73)60(50(44-67)80-62)83-64-59(77)56(74)61(51(45-68)81-64)82-63-57(75)54(72)53(71)49(43-66)79-63/h8,10,13-14,16-17,39,41,47-51,53-64,66-69,71-77H,3-7,9,11-12,15,18-38,40,42-46H2,1-2H3,(H,65,70)/b10-8+,14-13-,17-16-,41-39+. The first-order chi connectivity index (χ1) is 40.3. The highest BCUT2D eigenvalue weighted by Gasteiger charge is 2.53. The SMILES string of the molecule is CCC/C=C/CC/C=C/C(O)C(COC1OC(CO)C(OC2OC(CO)C(OC3OC(CO)C(O)C(O)C3O)C(O)C2O)C(O)C1O)NC(=O)CCCCCCCCCCCCCCCCCCCCC/C=C\C/C=C\CCCCCCC. The molecule has 3 aliphatic heterocycles. The van der Waals surface area contributed by atoms with Gasteiger partial charge < -0.3 is 89.9 Å². The van der Waals surface area contributed by atoms with Gasteiger partial charge in [-0.2, -0.15) is 0 Å². The lowest BCUT2D eigenvalue weighted by Gasteiger charge is -2.48. The Morgan fingerprint density at radius 1 is 0.434 bits per heavy atom. The van der Waals surface area contributed by atoms with E-state index in [9.17, 15) is 61.0 Å². The molecule has 0 aromatic heterocycles. The molecule has 3 aliphatic rings. The second-order valence-corrected chi connectivity index (χ2v) is 23.2. The normalized spacial score (nSPS) is 29.7. The summed E-state index contributed by atoms with van der Waals surface area (Å²) in [4.78, 5) is 13.3. The van der Waals surface area contributed by atoms with Crippen LogP contribution in [0.3, 0.4) is 0 Å². The molecule has 3 saturated heterocycles. The Hall–Kier alpha value is -2.25. The Balaban J connectivity index is 1.32. The van der Waals surface area contributed by atoms with Gasteiger partial charge in [0.15, 0.2) is 18.9 Å². The minimum Gasteiger partial charge on any atom is -0.394 e. The van der Waals surface area contributed by atoms with Crippen LogP contribution in [0.1, 0.15) is 219 Å². The molecule has 0 spiro atoms. The molecular weight excluding hydrogens is 1070 g/mol. The molecule has 3 rings (SSSR count). The zero-order valence-electron chi connectivity index (χ0n) is 50.7. The van der Waals surface area contributed by atoms with Crippen molar-refractivity contribution < 1.29 is 89.4 Å². The number of unbranched alkanes of at least 4 members (excludes halogenated alkanes) is 26. The van der Waals surface area contributed by atoms with Crippen LogP contribution < -0.4 is 5.32 Å². The van der Waals surface area contributed by atoms with E-state index in [1.54, 1.807) is 6.08 Å². The Morgan fingerprint density at radius 2 is 0.831 bits per heavy atom. The number of rotatable bonds is 48. The monoisotopic (exact) mass is 1190 g/mol. The van der Waals surface area contributed by atoms with E-state index in [0.717, 1.165) is 44.9 Å². The first-order valence-electron chi connectivity index (χ1n) is 32.4. The Morgan fingerprint density at radius 3 is 1.31 bits per heavy atom. The lowest BCUT2D eigenvalue weighted by molar-refractivity contribution is -0.379. The van der Waals surface area contributed by atoms with Crippen molar-refractivity contribution in [2.24, 2.45) is 0 Å². The molecule has 19 nitrogen and oxygen atoms in total. The molecule has 0 saturated carbocycles. The lowest BCUT2D eigenvalue weighted by atomic mass is 9.96. The maximum Gasteiger partial charge on any atom is 0.220 e. The van der Waals surface area contributed by atoms with E-state index in [1.807, 2.05) is 6.08 Å². The second kappa shape index (κ2) is 46.8. The quantitative estimate of drug-likeness (QED) is 0.0215. The van der Waals surface area contributed by atoms with Crippen molar-refractivity contribution in [3.63, 3.8) is 0 Å². The molecule has 0 aromatic rings. The maximum atomic E-state index is 13.3. The van der Waals surface area contributed by atoms with Crippen molar-refractivity contribution >= 4 is 5.91 Å². The number of aliphatic hydroxyl groups excluding tert-OH is 11. The van der Waals surface area contributed by atoms with Gasteiger partial charge in [0.25, 0.3) is 0 Å². The summed E-state index contributed by atoms with van der Waals surface area (Å²) in [6, 6.07) is -0.986. The van der Waals surface area contributed by atoms with E-state index in [-0.39, 0.29) is 18.9 Å². The van der Waals surface area contributed by atoms with E-state index in [4.69, 9.17) is 28.4 Å². The van der Waals surface area contributed by atoms with Gasteiger partial charge in [-0.1, -0.05) is 204 Å². The third-order valence-electron chi connectivity index (χ3n) is 16.1. The summed E-state index contributed by atoms with van der Waals surface area (Å²) in [6.07, 6.45) is 27.4. The number of aliphatic hydroxyl groups is 11. The van der Waals surface area contributed by atoms with Gasteiger partial charge in [-0.05, 0) is 57.8 Å². The highest BCUT2D eigenvalue weighted by Crippen LogP contribution is 2.33. The minimum atomic E-state index is -1.98. The zero-order valence-corrected chi connectivity index (χ0v) is 50.7. The Kier molecular flexibility index (Phi) is 42.3. The van der Waals surface area contributed by atoms with E-state index in [2.05, 4.69) is 55.6 Å². The van der Waals surface area contributed by atoms with E-state index >= 15 is 0 Å². The fourth-order valence-corrected chi connectivity index (χ4v) is 10.8. The van der Waals surface area contributed by atoms with Gasteiger partial charge in [0.2, 0.25) is 5.91 Å². The predicted molar refractivity (Wildman–Crippen MR) is 319 cm³/mol. The molecule has 12 N–H and O–H groups in total. The van der Waals surface area contributed by atoms with Crippen molar-refractivity contribution in [3.8, 4) is 0 Å². The molecule has 0 aromatic carbocycles. The summed E-state index contributed by atoms with van der Waals surface area (Å²) in [5.74, 6) is -0.289. The largest absolute Gasteiger partial charge is 0.394 e. The molecule has 19 heteroatoms. The number of hydrogen-bond donors (Lipinski definition) is 12. The van der Waals surface area contributed by atoms with Gasteiger partial charge in [0.05, 0.1) is 38.6 Å². The van der Waals surface area contributed by atoms with Gasteiger partial charge in [0, 0.05) is 6.42 Å². The highest BCUT2D eigenvalue weighted by molar-refractivity contribution is 5.76. The molecule has 0 aliphatic carbocycles. The topological polar surface area (TPSA) is 307 Å². The van der Waals surface area contributed by atoms with Crippen LogP contribution in [0.15, 0.2) is 48.6 Å².